The number of sulfonamides is 1. The van der Waals surface area contributed by atoms with Crippen molar-refractivity contribution in [3.8, 4) is 17.1 Å². The van der Waals surface area contributed by atoms with E-state index in [1.54, 1.807) is 42.7 Å². The number of alkyl halides is 3. The zero-order chi connectivity index (χ0) is 31.9. The lowest BCUT2D eigenvalue weighted by molar-refractivity contribution is -0.274. The molecule has 45 heavy (non-hydrogen) atoms. The van der Waals surface area contributed by atoms with E-state index in [1.807, 2.05) is 18.2 Å². The maximum absolute atomic E-state index is 13.0. The summed E-state index contributed by atoms with van der Waals surface area (Å²) in [6.07, 6.45) is -1.28. The van der Waals surface area contributed by atoms with Gasteiger partial charge in [-0.1, -0.05) is 35.5 Å². The third-order valence-corrected chi connectivity index (χ3v) is 8.00. The second kappa shape index (κ2) is 13.9. The van der Waals surface area contributed by atoms with Gasteiger partial charge in [0.2, 0.25) is 11.7 Å². The van der Waals surface area contributed by atoms with Gasteiger partial charge in [-0.2, -0.15) is 4.98 Å². The van der Waals surface area contributed by atoms with Gasteiger partial charge in [0.25, 0.3) is 10.0 Å². The van der Waals surface area contributed by atoms with Crippen LogP contribution in [0, 0.1) is 0 Å². The van der Waals surface area contributed by atoms with Gasteiger partial charge < -0.3 is 19.7 Å². The minimum Gasteiger partial charge on any atom is -0.406 e. The molecule has 0 spiro atoms. The van der Waals surface area contributed by atoms with Gasteiger partial charge in [0.15, 0.2) is 0 Å². The predicted octanol–water partition coefficient (Wildman–Crippen LogP) is 5.29. The van der Waals surface area contributed by atoms with Gasteiger partial charge >= 0.3 is 6.36 Å². The molecule has 10 nitrogen and oxygen atoms in total. The van der Waals surface area contributed by atoms with E-state index in [0.717, 1.165) is 11.1 Å². The van der Waals surface area contributed by atoms with Crippen LogP contribution in [0.1, 0.15) is 28.7 Å². The molecule has 0 amide bonds. The average Bonchev–Trinajstić information content (AvgIpc) is 3.49. The molecule has 0 radical (unpaired) electrons. The maximum atomic E-state index is 13.0. The Bertz CT molecular complexity index is 1780. The highest BCUT2D eigenvalue weighted by Gasteiger charge is 2.31. The van der Waals surface area contributed by atoms with E-state index in [-0.39, 0.29) is 28.8 Å². The van der Waals surface area contributed by atoms with E-state index in [4.69, 9.17) is 4.52 Å². The first-order valence-electron chi connectivity index (χ1n) is 13.7. The van der Waals surface area contributed by atoms with Crippen molar-refractivity contribution >= 4 is 15.7 Å². The molecular formula is C31H28F3N5O5S. The molecule has 0 saturated carbocycles. The highest BCUT2D eigenvalue weighted by Crippen LogP contribution is 2.25. The molecule has 1 unspecified atom stereocenters. The van der Waals surface area contributed by atoms with Crippen LogP contribution in [0.3, 0.4) is 0 Å². The highest BCUT2D eigenvalue weighted by atomic mass is 32.2. The molecule has 3 aromatic carbocycles. The molecule has 1 atom stereocenters. The number of nitrogens with one attached hydrogen (secondary N) is 2. The number of anilines is 1. The minimum absolute atomic E-state index is 0.0385. The molecule has 2 heterocycles. The lowest BCUT2D eigenvalue weighted by atomic mass is 10.1. The predicted molar refractivity (Wildman–Crippen MR) is 159 cm³/mol. The van der Waals surface area contributed by atoms with Crippen molar-refractivity contribution in [2.24, 2.45) is 0 Å². The molecule has 0 aliphatic rings. The lowest BCUT2D eigenvalue weighted by Gasteiger charge is -2.12. The first-order chi connectivity index (χ1) is 21.5. The van der Waals surface area contributed by atoms with Crippen molar-refractivity contribution in [3.63, 3.8) is 0 Å². The lowest BCUT2D eigenvalue weighted by Crippen LogP contribution is -2.23. The Hall–Kier alpha value is -4.79. The summed E-state index contributed by atoms with van der Waals surface area (Å²) in [6, 6.07) is 21.9. The molecule has 0 aliphatic carbocycles. The summed E-state index contributed by atoms with van der Waals surface area (Å²) < 4.78 is 74.7. The molecular weight excluding hydrogens is 611 g/mol. The molecule has 5 aromatic rings. The second-order valence-corrected chi connectivity index (χ2v) is 11.6. The molecule has 234 valence electrons. The smallest absolute Gasteiger partial charge is 0.406 e. The summed E-state index contributed by atoms with van der Waals surface area (Å²) >= 11 is 0. The number of pyridine rings is 1. The largest absolute Gasteiger partial charge is 0.573 e. The monoisotopic (exact) mass is 639 g/mol. The number of nitrogens with zero attached hydrogens (tertiary/aromatic N) is 3. The highest BCUT2D eigenvalue weighted by molar-refractivity contribution is 7.92. The van der Waals surface area contributed by atoms with Gasteiger partial charge in [-0.05, 0) is 78.7 Å². The first kappa shape index (κ1) is 31.6. The number of aromatic nitrogens is 3. The molecule has 0 fully saturated rings. The van der Waals surface area contributed by atoms with E-state index >= 15 is 0 Å². The standard InChI is InChI=1S/C31H28F3N5O5S/c32-31(33,34)43-26-11-5-22(6-12-26)18-29-37-30(38-44-29)23-7-13-27(14-8-23)45(41,42)39-25-9-3-21(4-10-25)15-17-36-20-28(40)24-2-1-16-35-19-24/h1-14,16,19,28,36,39-40H,15,17-18,20H2. The normalized spacial score (nSPS) is 12.5. The van der Waals surface area contributed by atoms with Crippen LogP contribution in [0.5, 0.6) is 5.75 Å². The van der Waals surface area contributed by atoms with Gasteiger partial charge in [-0.25, -0.2) is 8.42 Å². The Balaban J connectivity index is 1.11. The molecule has 14 heteroatoms. The number of hydrogen-bond donors (Lipinski definition) is 3. The van der Waals surface area contributed by atoms with Crippen molar-refractivity contribution in [3.05, 3.63) is 120 Å². The van der Waals surface area contributed by atoms with Gasteiger partial charge in [-0.3, -0.25) is 9.71 Å². The van der Waals surface area contributed by atoms with Crippen LogP contribution in [-0.4, -0.2) is 48.1 Å². The van der Waals surface area contributed by atoms with Crippen molar-refractivity contribution in [1.82, 2.24) is 20.4 Å². The summed E-state index contributed by atoms with van der Waals surface area (Å²) in [6.45, 7) is 1.02. The van der Waals surface area contributed by atoms with Crippen molar-refractivity contribution in [2.45, 2.75) is 30.2 Å². The fraction of sp³-hybridized carbons (Fsp3) is 0.194. The molecule has 2 aromatic heterocycles. The SMILES string of the molecule is O=S(=O)(Nc1ccc(CCNCC(O)c2cccnc2)cc1)c1ccc(-c2noc(Cc3ccc(OC(F)(F)F)cc3)n2)cc1. The number of aliphatic hydroxyl groups excluding tert-OH is 1. The number of benzene rings is 3. The van der Waals surface area contributed by atoms with Crippen LogP contribution < -0.4 is 14.8 Å². The summed E-state index contributed by atoms with van der Waals surface area (Å²) in [5.74, 6) is 0.128. The summed E-state index contributed by atoms with van der Waals surface area (Å²) in [5.41, 5.74) is 3.29. The van der Waals surface area contributed by atoms with Crippen molar-refractivity contribution < 1.29 is 36.0 Å². The fourth-order valence-corrected chi connectivity index (χ4v) is 5.39. The Kier molecular flexibility index (Phi) is 9.76. The van der Waals surface area contributed by atoms with Crippen LogP contribution >= 0.6 is 0 Å². The van der Waals surface area contributed by atoms with E-state index < -0.39 is 22.5 Å². The number of halogens is 3. The molecule has 3 N–H and O–H groups in total. The topological polar surface area (TPSA) is 139 Å². The van der Waals surface area contributed by atoms with Crippen LogP contribution in [0.15, 0.2) is 107 Å². The Morgan fingerprint density at radius 2 is 1.64 bits per heavy atom. The van der Waals surface area contributed by atoms with E-state index in [0.29, 0.717) is 36.3 Å². The van der Waals surface area contributed by atoms with Crippen LogP contribution in [-0.2, 0) is 22.9 Å². The summed E-state index contributed by atoms with van der Waals surface area (Å²) in [4.78, 5) is 8.34. The Morgan fingerprint density at radius 3 is 2.31 bits per heavy atom. The number of hydrogen-bond acceptors (Lipinski definition) is 9. The molecule has 5 rings (SSSR count). The third-order valence-electron chi connectivity index (χ3n) is 6.61. The molecule has 0 saturated heterocycles. The van der Waals surface area contributed by atoms with Crippen LogP contribution in [0.2, 0.25) is 0 Å². The fourth-order valence-electron chi connectivity index (χ4n) is 4.33. The van der Waals surface area contributed by atoms with Crippen LogP contribution in [0.4, 0.5) is 18.9 Å². The number of aliphatic hydroxyl groups is 1. The van der Waals surface area contributed by atoms with Crippen molar-refractivity contribution in [2.75, 3.05) is 17.8 Å². The quantitative estimate of drug-likeness (QED) is 0.147. The molecule has 0 aliphatic heterocycles. The van der Waals surface area contributed by atoms with Crippen LogP contribution in [0.25, 0.3) is 11.4 Å². The van der Waals surface area contributed by atoms with E-state index in [2.05, 4.69) is 29.9 Å². The summed E-state index contributed by atoms with van der Waals surface area (Å²) in [7, 11) is -3.87. The average molecular weight is 640 g/mol. The number of rotatable bonds is 13. The number of ether oxygens (including phenoxy) is 1. The van der Waals surface area contributed by atoms with E-state index in [9.17, 15) is 26.7 Å². The Morgan fingerprint density at radius 1 is 0.933 bits per heavy atom. The Labute approximate surface area is 257 Å². The maximum Gasteiger partial charge on any atom is 0.573 e. The third kappa shape index (κ3) is 9.11. The minimum atomic E-state index is -4.77. The van der Waals surface area contributed by atoms with E-state index in [1.165, 1.54) is 36.4 Å². The van der Waals surface area contributed by atoms with Gasteiger partial charge in [-0.15, -0.1) is 13.2 Å². The van der Waals surface area contributed by atoms with Crippen molar-refractivity contribution in [1.29, 1.82) is 0 Å². The first-order valence-corrected chi connectivity index (χ1v) is 15.2. The van der Waals surface area contributed by atoms with Gasteiger partial charge in [0, 0.05) is 35.8 Å². The zero-order valence-electron chi connectivity index (χ0n) is 23.6. The van der Waals surface area contributed by atoms with Gasteiger partial charge in [0.05, 0.1) is 17.4 Å². The zero-order valence-corrected chi connectivity index (χ0v) is 24.4. The summed E-state index contributed by atoms with van der Waals surface area (Å²) in [5, 5.41) is 17.3. The van der Waals surface area contributed by atoms with Gasteiger partial charge in [0.1, 0.15) is 5.75 Å². The second-order valence-electron chi connectivity index (χ2n) is 9.96. The molecule has 0 bridgehead atoms.